The van der Waals surface area contributed by atoms with E-state index in [-0.39, 0.29) is 22.7 Å². The van der Waals surface area contributed by atoms with Gasteiger partial charge in [-0.25, -0.2) is 4.98 Å². The molecule has 1 saturated carbocycles. The lowest BCUT2D eigenvalue weighted by Crippen LogP contribution is -2.27. The first kappa shape index (κ1) is 13.1. The number of anilines is 1. The third-order valence-corrected chi connectivity index (χ3v) is 3.52. The van der Waals surface area contributed by atoms with Crippen molar-refractivity contribution in [2.24, 2.45) is 5.92 Å². The van der Waals surface area contributed by atoms with Gasteiger partial charge in [0.2, 0.25) is 5.82 Å². The van der Waals surface area contributed by atoms with Crippen molar-refractivity contribution in [1.29, 1.82) is 0 Å². The molecule has 1 aromatic rings. The Morgan fingerprint density at radius 1 is 1.50 bits per heavy atom. The summed E-state index contributed by atoms with van der Waals surface area (Å²) in [4.78, 5) is 14.5. The molecule has 18 heavy (non-hydrogen) atoms. The first-order valence-corrected chi connectivity index (χ1v) is 6.51. The summed E-state index contributed by atoms with van der Waals surface area (Å²) in [6, 6.07) is 3.08. The number of hydrogen-bond donors (Lipinski definition) is 1. The second kappa shape index (κ2) is 5.52. The Morgan fingerprint density at radius 3 is 2.94 bits per heavy atom. The Kier molecular flexibility index (Phi) is 4.01. The summed E-state index contributed by atoms with van der Waals surface area (Å²) in [7, 11) is 0. The van der Waals surface area contributed by atoms with E-state index in [9.17, 15) is 10.1 Å². The smallest absolute Gasteiger partial charge is 0.311 e. The number of hydrogen-bond acceptors (Lipinski definition) is 4. The highest BCUT2D eigenvalue weighted by molar-refractivity contribution is 6.29. The fourth-order valence-electron chi connectivity index (χ4n) is 2.44. The highest BCUT2D eigenvalue weighted by Gasteiger charge is 2.23. The van der Waals surface area contributed by atoms with E-state index in [1.165, 1.54) is 18.6 Å². The number of pyridine rings is 1. The van der Waals surface area contributed by atoms with Crippen LogP contribution in [-0.4, -0.2) is 15.9 Å². The van der Waals surface area contributed by atoms with Gasteiger partial charge in [-0.1, -0.05) is 31.4 Å². The van der Waals surface area contributed by atoms with Gasteiger partial charge < -0.3 is 5.32 Å². The van der Waals surface area contributed by atoms with Crippen LogP contribution < -0.4 is 5.32 Å². The second-order valence-corrected chi connectivity index (χ2v) is 5.26. The minimum atomic E-state index is -0.433. The first-order valence-electron chi connectivity index (χ1n) is 6.13. The second-order valence-electron chi connectivity index (χ2n) is 4.87. The summed E-state index contributed by atoms with van der Waals surface area (Å²) in [5.41, 5.74) is -0.0161. The molecular formula is C12H16ClN3O2. The van der Waals surface area contributed by atoms with Crippen LogP contribution in [0.2, 0.25) is 5.15 Å². The molecule has 1 aliphatic rings. The van der Waals surface area contributed by atoms with Gasteiger partial charge in [-0.05, 0) is 24.8 Å². The van der Waals surface area contributed by atoms with Crippen molar-refractivity contribution in [1.82, 2.24) is 4.98 Å². The fraction of sp³-hybridized carbons (Fsp3) is 0.583. The Morgan fingerprint density at radius 2 is 2.28 bits per heavy atom. The number of aromatic nitrogens is 1. The predicted octanol–water partition coefficient (Wildman–Crippen LogP) is 3.63. The largest absolute Gasteiger partial charge is 0.362 e. The fourth-order valence-corrected chi connectivity index (χ4v) is 2.59. The molecule has 1 fully saturated rings. The molecule has 2 rings (SSSR count). The average molecular weight is 270 g/mol. The Balaban J connectivity index is 2.16. The molecule has 2 atom stereocenters. The zero-order chi connectivity index (χ0) is 13.1. The summed E-state index contributed by atoms with van der Waals surface area (Å²) in [6.07, 6.45) is 4.41. The predicted molar refractivity (Wildman–Crippen MR) is 70.9 cm³/mol. The number of rotatable bonds is 3. The van der Waals surface area contributed by atoms with E-state index in [0.29, 0.717) is 5.92 Å². The summed E-state index contributed by atoms with van der Waals surface area (Å²) in [6.45, 7) is 2.20. The molecule has 0 bridgehead atoms. The van der Waals surface area contributed by atoms with E-state index in [0.717, 1.165) is 19.3 Å². The zero-order valence-electron chi connectivity index (χ0n) is 10.2. The van der Waals surface area contributed by atoms with E-state index in [4.69, 9.17) is 11.6 Å². The quantitative estimate of drug-likeness (QED) is 0.517. The lowest BCUT2D eigenvalue weighted by molar-refractivity contribution is -0.384. The molecule has 0 spiro atoms. The summed E-state index contributed by atoms with van der Waals surface area (Å²) in [5.74, 6) is 0.932. The van der Waals surface area contributed by atoms with E-state index < -0.39 is 4.92 Å². The molecule has 1 aromatic heterocycles. The molecule has 0 radical (unpaired) electrons. The van der Waals surface area contributed by atoms with E-state index in [1.54, 1.807) is 0 Å². The highest BCUT2D eigenvalue weighted by atomic mass is 35.5. The first-order chi connectivity index (χ1) is 8.56. The van der Waals surface area contributed by atoms with Gasteiger partial charge in [-0.2, -0.15) is 0 Å². The van der Waals surface area contributed by atoms with Gasteiger partial charge in [0.1, 0.15) is 5.15 Å². The van der Waals surface area contributed by atoms with Crippen molar-refractivity contribution in [2.75, 3.05) is 5.32 Å². The van der Waals surface area contributed by atoms with Crippen molar-refractivity contribution in [3.05, 3.63) is 27.4 Å². The van der Waals surface area contributed by atoms with Gasteiger partial charge in [-0.15, -0.1) is 0 Å². The lowest BCUT2D eigenvalue weighted by atomic mass is 9.87. The van der Waals surface area contributed by atoms with Gasteiger partial charge in [-0.3, -0.25) is 10.1 Å². The van der Waals surface area contributed by atoms with Crippen LogP contribution in [0.4, 0.5) is 11.5 Å². The molecule has 5 nitrogen and oxygen atoms in total. The summed E-state index contributed by atoms with van der Waals surface area (Å²) < 4.78 is 0. The normalized spacial score (nSPS) is 23.7. The third kappa shape index (κ3) is 3.10. The Labute approximate surface area is 111 Å². The van der Waals surface area contributed by atoms with E-state index in [1.807, 2.05) is 0 Å². The van der Waals surface area contributed by atoms with Crippen LogP contribution in [0.1, 0.15) is 32.6 Å². The van der Waals surface area contributed by atoms with Crippen LogP contribution in [-0.2, 0) is 0 Å². The molecule has 0 aromatic carbocycles. The average Bonchev–Trinajstić information content (AvgIpc) is 2.28. The van der Waals surface area contributed by atoms with Gasteiger partial charge in [0.05, 0.1) is 4.92 Å². The maximum absolute atomic E-state index is 10.9. The van der Waals surface area contributed by atoms with Gasteiger partial charge in [0.15, 0.2) is 0 Å². The van der Waals surface area contributed by atoms with Crippen LogP contribution in [0.15, 0.2) is 12.1 Å². The molecule has 0 amide bonds. The molecule has 2 unspecified atom stereocenters. The van der Waals surface area contributed by atoms with Crippen LogP contribution in [0.5, 0.6) is 0 Å². The monoisotopic (exact) mass is 269 g/mol. The van der Waals surface area contributed by atoms with Crippen LogP contribution in [0, 0.1) is 16.0 Å². The molecule has 6 heteroatoms. The SMILES string of the molecule is CC1CCCC(Nc2nc(Cl)ccc2[N+](=O)[O-])C1. The number of nitro groups is 1. The maximum atomic E-state index is 10.9. The number of nitrogens with zero attached hydrogens (tertiary/aromatic N) is 2. The molecule has 0 aliphatic heterocycles. The molecule has 1 aliphatic carbocycles. The van der Waals surface area contributed by atoms with Crippen molar-refractivity contribution in [2.45, 2.75) is 38.6 Å². The van der Waals surface area contributed by atoms with Gasteiger partial charge >= 0.3 is 5.69 Å². The molecular weight excluding hydrogens is 254 g/mol. The standard InChI is InChI=1S/C12H16ClN3O2/c1-8-3-2-4-9(7-8)14-12-10(16(17)18)5-6-11(13)15-12/h5-6,8-9H,2-4,7H2,1H3,(H,14,15). The summed E-state index contributed by atoms with van der Waals surface area (Å²) >= 11 is 5.79. The molecule has 98 valence electrons. The van der Waals surface area contributed by atoms with Crippen molar-refractivity contribution in [3.8, 4) is 0 Å². The maximum Gasteiger partial charge on any atom is 0.311 e. The Bertz CT molecular complexity index is 453. The lowest BCUT2D eigenvalue weighted by Gasteiger charge is -2.27. The zero-order valence-corrected chi connectivity index (χ0v) is 11.0. The van der Waals surface area contributed by atoms with Gasteiger partial charge in [0.25, 0.3) is 0 Å². The van der Waals surface area contributed by atoms with Crippen LogP contribution in [0.25, 0.3) is 0 Å². The number of halogens is 1. The molecule has 1 heterocycles. The van der Waals surface area contributed by atoms with E-state index in [2.05, 4.69) is 17.2 Å². The highest BCUT2D eigenvalue weighted by Crippen LogP contribution is 2.29. The minimum Gasteiger partial charge on any atom is -0.362 e. The number of nitrogens with one attached hydrogen (secondary N) is 1. The minimum absolute atomic E-state index is 0.0161. The molecule has 0 saturated heterocycles. The van der Waals surface area contributed by atoms with Crippen LogP contribution >= 0.6 is 11.6 Å². The topological polar surface area (TPSA) is 68.1 Å². The van der Waals surface area contributed by atoms with Crippen molar-refractivity contribution in [3.63, 3.8) is 0 Å². The van der Waals surface area contributed by atoms with E-state index >= 15 is 0 Å². The van der Waals surface area contributed by atoms with Crippen molar-refractivity contribution < 1.29 is 4.92 Å². The summed E-state index contributed by atoms with van der Waals surface area (Å²) in [5, 5.41) is 14.4. The van der Waals surface area contributed by atoms with Crippen LogP contribution in [0.3, 0.4) is 0 Å². The third-order valence-electron chi connectivity index (χ3n) is 3.31. The molecule has 1 N–H and O–H groups in total. The van der Waals surface area contributed by atoms with Crippen molar-refractivity contribution >= 4 is 23.1 Å². The Hall–Kier alpha value is -1.36. The van der Waals surface area contributed by atoms with Gasteiger partial charge in [0, 0.05) is 12.1 Å².